The number of halogens is 2. The molecule has 0 saturated carbocycles. The van der Waals surface area contributed by atoms with Crippen LogP contribution >= 0.6 is 0 Å². The SMILES string of the molecule is O=C(F)F.[Bi]. The zero-order valence-corrected chi connectivity index (χ0v) is 5.59. The molecule has 0 aromatic rings. The number of hydrogen-bond acceptors (Lipinski definition) is 1. The summed E-state index contributed by atoms with van der Waals surface area (Å²) in [5.41, 5.74) is 0. The second-order valence-electron chi connectivity index (χ2n) is 0.226. The van der Waals surface area contributed by atoms with Gasteiger partial charge < -0.3 is 0 Å². The molecule has 0 atom stereocenters. The zero-order chi connectivity index (χ0) is 3.58. The predicted molar refractivity (Wildman–Crippen MR) is 13.4 cm³/mol. The van der Waals surface area contributed by atoms with Gasteiger partial charge in [0.05, 0.1) is 0 Å². The largest absolute Gasteiger partial charge is 0.483 e. The minimum Gasteiger partial charge on any atom is -0.219 e. The molecule has 0 heterocycles. The van der Waals surface area contributed by atoms with Gasteiger partial charge in [-0.25, -0.2) is 4.79 Å². The van der Waals surface area contributed by atoms with Crippen molar-refractivity contribution in [2.45, 2.75) is 0 Å². The van der Waals surface area contributed by atoms with Crippen molar-refractivity contribution < 1.29 is 13.6 Å². The molecule has 0 aliphatic rings. The quantitative estimate of drug-likeness (QED) is 0.469. The van der Waals surface area contributed by atoms with Crippen LogP contribution in [0.5, 0.6) is 0 Å². The van der Waals surface area contributed by atoms with Crippen molar-refractivity contribution in [3.05, 3.63) is 0 Å². The van der Waals surface area contributed by atoms with E-state index in [1.54, 1.807) is 0 Å². The molecule has 0 aliphatic heterocycles. The molecule has 0 fully saturated rings. The topological polar surface area (TPSA) is 17.1 Å². The molecule has 4 heteroatoms. The Morgan fingerprint density at radius 2 is 1.40 bits per heavy atom. The van der Waals surface area contributed by atoms with E-state index in [4.69, 9.17) is 4.79 Å². The van der Waals surface area contributed by atoms with Crippen LogP contribution in [0.3, 0.4) is 0 Å². The first-order valence-corrected chi connectivity index (χ1v) is 0.582. The van der Waals surface area contributed by atoms with Gasteiger partial charge in [-0.15, -0.1) is 8.78 Å². The van der Waals surface area contributed by atoms with Gasteiger partial charge in [-0.1, -0.05) is 0 Å². The number of hydrogen-bond donors (Lipinski definition) is 0. The first-order chi connectivity index (χ1) is 1.73. The second-order valence-corrected chi connectivity index (χ2v) is 0.226. The molecular formula is CBiF2O. The van der Waals surface area contributed by atoms with E-state index >= 15 is 0 Å². The van der Waals surface area contributed by atoms with E-state index in [1.165, 1.54) is 0 Å². The third-order valence-corrected chi connectivity index (χ3v) is 0. The standard InChI is InChI=1S/CF2O.Bi/c2-1(3)4;. The monoisotopic (exact) mass is 275 g/mol. The average molecular weight is 275 g/mol. The maximum atomic E-state index is 9.69. The Morgan fingerprint density at radius 1 is 1.40 bits per heavy atom. The van der Waals surface area contributed by atoms with Gasteiger partial charge in [0.15, 0.2) is 0 Å². The zero-order valence-electron chi connectivity index (χ0n) is 2.11. The molecule has 3 radical (unpaired) electrons. The van der Waals surface area contributed by atoms with Gasteiger partial charge in [0.1, 0.15) is 0 Å². The Kier molecular flexibility index (Phi) is 7.99. The molecule has 0 bridgehead atoms. The number of carbonyl (C=O) groups is 1. The molecule has 0 N–H and O–H groups in total. The minimum atomic E-state index is -2.83. The fourth-order valence-corrected chi connectivity index (χ4v) is 0. The summed E-state index contributed by atoms with van der Waals surface area (Å²) in [6.45, 7) is 0. The van der Waals surface area contributed by atoms with Crippen LogP contribution in [-0.4, -0.2) is 32.5 Å². The summed E-state index contributed by atoms with van der Waals surface area (Å²) < 4.78 is 19.4. The van der Waals surface area contributed by atoms with Crippen LogP contribution in [0.15, 0.2) is 0 Å². The molecule has 0 aromatic heterocycles. The van der Waals surface area contributed by atoms with Crippen molar-refractivity contribution in [1.82, 2.24) is 0 Å². The van der Waals surface area contributed by atoms with Crippen molar-refractivity contribution in [3.63, 3.8) is 0 Å². The van der Waals surface area contributed by atoms with Gasteiger partial charge >= 0.3 is 6.29 Å². The van der Waals surface area contributed by atoms with E-state index < -0.39 is 6.29 Å². The molecule has 0 amide bonds. The maximum absolute atomic E-state index is 9.69. The minimum absolute atomic E-state index is 0. The number of carbonyl (C=O) groups excluding carboxylic acids is 1. The van der Waals surface area contributed by atoms with Gasteiger partial charge in [0, 0.05) is 26.2 Å². The summed E-state index contributed by atoms with van der Waals surface area (Å²) in [5, 5.41) is 0. The molecular weight excluding hydrogens is 275 g/mol. The fourth-order valence-electron chi connectivity index (χ4n) is 0. The summed E-state index contributed by atoms with van der Waals surface area (Å²) in [6.07, 6.45) is -2.83. The predicted octanol–water partition coefficient (Wildman–Crippen LogP) is 0.665. The van der Waals surface area contributed by atoms with E-state index in [0.717, 1.165) is 0 Å². The van der Waals surface area contributed by atoms with Crippen molar-refractivity contribution in [2.24, 2.45) is 0 Å². The van der Waals surface area contributed by atoms with E-state index in [0.29, 0.717) is 0 Å². The van der Waals surface area contributed by atoms with Crippen molar-refractivity contribution in [1.29, 1.82) is 0 Å². The normalized spacial score (nSPS) is 5.20. The molecule has 0 rings (SSSR count). The summed E-state index contributed by atoms with van der Waals surface area (Å²) in [6, 6.07) is 0. The van der Waals surface area contributed by atoms with E-state index in [9.17, 15) is 8.78 Å². The molecule has 0 unspecified atom stereocenters. The summed E-state index contributed by atoms with van der Waals surface area (Å²) >= 11 is 0. The maximum Gasteiger partial charge on any atom is 0.483 e. The first kappa shape index (κ1) is 9.05. The molecule has 0 aromatic carbocycles. The van der Waals surface area contributed by atoms with Gasteiger partial charge in [-0.3, -0.25) is 0 Å². The summed E-state index contributed by atoms with van der Waals surface area (Å²) in [5.74, 6) is 0. The van der Waals surface area contributed by atoms with Crippen molar-refractivity contribution >= 4 is 32.5 Å². The first-order valence-electron chi connectivity index (χ1n) is 0.582. The van der Waals surface area contributed by atoms with Crippen LogP contribution in [0.1, 0.15) is 0 Å². The summed E-state index contributed by atoms with van der Waals surface area (Å²) in [7, 11) is 0. The van der Waals surface area contributed by atoms with Crippen LogP contribution in [-0.2, 0) is 0 Å². The molecule has 0 saturated heterocycles. The Hall–Kier alpha value is 0.413. The average Bonchev–Trinajstić information content (AvgIpc) is 0.811. The molecule has 29 valence electrons. The van der Waals surface area contributed by atoms with Crippen LogP contribution in [0.25, 0.3) is 0 Å². The molecule has 0 spiro atoms. The van der Waals surface area contributed by atoms with Crippen molar-refractivity contribution in [3.8, 4) is 0 Å². The van der Waals surface area contributed by atoms with Crippen LogP contribution in [0.4, 0.5) is 13.6 Å². The van der Waals surface area contributed by atoms with E-state index in [2.05, 4.69) is 0 Å². The third kappa shape index (κ3) is 151. The van der Waals surface area contributed by atoms with Gasteiger partial charge in [0.25, 0.3) is 0 Å². The second kappa shape index (κ2) is 4.41. The van der Waals surface area contributed by atoms with Crippen molar-refractivity contribution in [2.75, 3.05) is 0 Å². The molecule has 0 aliphatic carbocycles. The smallest absolute Gasteiger partial charge is 0.219 e. The Bertz CT molecular complexity index is 32.6. The third-order valence-electron chi connectivity index (χ3n) is 0. The number of rotatable bonds is 0. The molecule has 1 nitrogen and oxygen atoms in total. The van der Waals surface area contributed by atoms with E-state index in [1.807, 2.05) is 0 Å². The molecule has 5 heavy (non-hydrogen) atoms. The van der Waals surface area contributed by atoms with Gasteiger partial charge in [0.2, 0.25) is 0 Å². The fraction of sp³-hybridized carbons (Fsp3) is 0. The Morgan fingerprint density at radius 3 is 1.40 bits per heavy atom. The summed E-state index contributed by atoms with van der Waals surface area (Å²) in [4.78, 5) is 8.11. The van der Waals surface area contributed by atoms with Gasteiger partial charge in [-0.05, 0) is 0 Å². The van der Waals surface area contributed by atoms with Crippen LogP contribution < -0.4 is 0 Å². The van der Waals surface area contributed by atoms with Crippen LogP contribution in [0.2, 0.25) is 0 Å². The van der Waals surface area contributed by atoms with E-state index in [-0.39, 0.29) is 26.2 Å². The Balaban J connectivity index is 0. The van der Waals surface area contributed by atoms with Gasteiger partial charge in [-0.2, -0.15) is 0 Å². The Labute approximate surface area is 46.5 Å². The van der Waals surface area contributed by atoms with Crippen LogP contribution in [0, 0.1) is 0 Å².